The highest BCUT2D eigenvalue weighted by atomic mass is 15.1. The van der Waals surface area contributed by atoms with Crippen LogP contribution in [0.3, 0.4) is 0 Å². The van der Waals surface area contributed by atoms with Gasteiger partial charge in [-0.3, -0.25) is 0 Å². The van der Waals surface area contributed by atoms with Crippen LogP contribution in [0.15, 0.2) is 200 Å². The van der Waals surface area contributed by atoms with Crippen molar-refractivity contribution in [2.45, 2.75) is 5.41 Å². The Balaban J connectivity index is 1.31. The van der Waals surface area contributed by atoms with Crippen LogP contribution < -0.4 is 4.90 Å². The van der Waals surface area contributed by atoms with Crippen LogP contribution in [0, 0.1) is 0 Å². The van der Waals surface area contributed by atoms with Gasteiger partial charge in [0.05, 0.1) is 5.41 Å². The maximum atomic E-state index is 2.44. The molecular weight excluding hydrogens is 579 g/mol. The van der Waals surface area contributed by atoms with Gasteiger partial charge in [-0.15, -0.1) is 0 Å². The first-order valence-electron chi connectivity index (χ1n) is 16.6. The van der Waals surface area contributed by atoms with Gasteiger partial charge in [-0.05, 0) is 104 Å². The van der Waals surface area contributed by atoms with E-state index < -0.39 is 5.41 Å². The number of anilines is 3. The van der Waals surface area contributed by atoms with Crippen LogP contribution in [0.25, 0.3) is 33.0 Å². The molecule has 0 atom stereocenters. The second kappa shape index (κ2) is 11.6. The van der Waals surface area contributed by atoms with Gasteiger partial charge in [0, 0.05) is 17.1 Å². The molecule has 1 heteroatoms. The topological polar surface area (TPSA) is 3.24 Å². The molecule has 8 aromatic carbocycles. The van der Waals surface area contributed by atoms with Crippen LogP contribution in [-0.2, 0) is 5.41 Å². The molecule has 1 aliphatic carbocycles. The summed E-state index contributed by atoms with van der Waals surface area (Å²) in [5.74, 6) is 0. The number of benzene rings is 8. The number of fused-ring (bicyclic) bond motifs is 4. The van der Waals surface area contributed by atoms with Gasteiger partial charge in [-0.1, -0.05) is 152 Å². The third-order valence-corrected chi connectivity index (χ3v) is 9.91. The van der Waals surface area contributed by atoms with Crippen molar-refractivity contribution >= 4 is 27.8 Å². The van der Waals surface area contributed by atoms with Gasteiger partial charge >= 0.3 is 0 Å². The van der Waals surface area contributed by atoms with Gasteiger partial charge in [0.25, 0.3) is 0 Å². The standard InChI is InChI=1S/C47H33N/c1-5-15-34(16-6-1)35-25-27-41(28-26-35)48(40-23-11-4-12-24-40)42-29-30-43-44-31-36-17-13-14-18-37(36)32-45(44)47(46(43)33-42,38-19-7-2-8-20-38)39-21-9-3-10-22-39/h1-33H. The van der Waals surface area contributed by atoms with Gasteiger partial charge in [0.1, 0.15) is 0 Å². The van der Waals surface area contributed by atoms with E-state index in [9.17, 15) is 0 Å². The van der Waals surface area contributed by atoms with Crippen LogP contribution >= 0.6 is 0 Å². The fourth-order valence-corrected chi connectivity index (χ4v) is 7.76. The summed E-state index contributed by atoms with van der Waals surface area (Å²) in [4.78, 5) is 2.38. The van der Waals surface area contributed by atoms with Gasteiger partial charge in [0.2, 0.25) is 0 Å². The van der Waals surface area contributed by atoms with Crippen molar-refractivity contribution in [2.75, 3.05) is 4.90 Å². The van der Waals surface area contributed by atoms with Crippen molar-refractivity contribution in [1.82, 2.24) is 0 Å². The minimum atomic E-state index is -0.493. The minimum absolute atomic E-state index is 0.493. The van der Waals surface area contributed by atoms with Crippen LogP contribution in [0.4, 0.5) is 17.1 Å². The third kappa shape index (κ3) is 4.47. The van der Waals surface area contributed by atoms with E-state index in [0.29, 0.717) is 0 Å². The van der Waals surface area contributed by atoms with Gasteiger partial charge in [-0.2, -0.15) is 0 Å². The Hall–Kier alpha value is -6.18. The first-order chi connectivity index (χ1) is 23.8. The summed E-state index contributed by atoms with van der Waals surface area (Å²) < 4.78 is 0. The van der Waals surface area contributed by atoms with Gasteiger partial charge < -0.3 is 4.90 Å². The van der Waals surface area contributed by atoms with Gasteiger partial charge in [-0.25, -0.2) is 0 Å². The molecule has 1 nitrogen and oxygen atoms in total. The molecule has 0 aromatic heterocycles. The van der Waals surface area contributed by atoms with Crippen LogP contribution in [0.1, 0.15) is 22.3 Å². The Morgan fingerprint density at radius 2 is 0.771 bits per heavy atom. The lowest BCUT2D eigenvalue weighted by atomic mass is 9.67. The first-order valence-corrected chi connectivity index (χ1v) is 16.6. The quantitative estimate of drug-likeness (QED) is 0.181. The van der Waals surface area contributed by atoms with Crippen LogP contribution in [0.5, 0.6) is 0 Å². The Kier molecular flexibility index (Phi) is 6.76. The molecule has 0 spiro atoms. The molecule has 1 aliphatic rings. The lowest BCUT2D eigenvalue weighted by Crippen LogP contribution is -2.28. The minimum Gasteiger partial charge on any atom is -0.310 e. The number of para-hydroxylation sites is 1. The molecule has 0 bridgehead atoms. The second-order valence-electron chi connectivity index (χ2n) is 12.5. The second-order valence-corrected chi connectivity index (χ2v) is 12.5. The van der Waals surface area contributed by atoms with E-state index in [-0.39, 0.29) is 0 Å². The van der Waals surface area contributed by atoms with Crippen molar-refractivity contribution < 1.29 is 0 Å². The molecule has 0 heterocycles. The molecule has 226 valence electrons. The van der Waals surface area contributed by atoms with Crippen LogP contribution in [-0.4, -0.2) is 0 Å². The summed E-state index contributed by atoms with van der Waals surface area (Å²) in [5, 5.41) is 2.51. The van der Waals surface area contributed by atoms with Gasteiger partial charge in [0.15, 0.2) is 0 Å². The number of hydrogen-bond acceptors (Lipinski definition) is 1. The predicted molar refractivity (Wildman–Crippen MR) is 201 cm³/mol. The number of rotatable bonds is 6. The molecule has 0 aliphatic heterocycles. The molecular formula is C47H33N. The Labute approximate surface area is 282 Å². The SMILES string of the molecule is c1ccc(-c2ccc(N(c3ccccc3)c3ccc4c(c3)C(c3ccccc3)(c3ccccc3)c3cc5ccccc5cc3-4)cc2)cc1. The molecule has 0 saturated carbocycles. The molecule has 9 rings (SSSR count). The smallest absolute Gasteiger partial charge is 0.0714 e. The summed E-state index contributed by atoms with van der Waals surface area (Å²) in [7, 11) is 0. The maximum absolute atomic E-state index is 2.44. The fourth-order valence-electron chi connectivity index (χ4n) is 7.76. The maximum Gasteiger partial charge on any atom is 0.0714 e. The fraction of sp³-hybridized carbons (Fsp3) is 0.0213. The number of nitrogens with zero attached hydrogens (tertiary/aromatic N) is 1. The summed E-state index contributed by atoms with van der Waals surface area (Å²) in [6.45, 7) is 0. The summed E-state index contributed by atoms with van der Waals surface area (Å²) in [6.07, 6.45) is 0. The zero-order chi connectivity index (χ0) is 31.9. The molecule has 0 saturated heterocycles. The third-order valence-electron chi connectivity index (χ3n) is 9.91. The lowest BCUT2D eigenvalue weighted by Gasteiger charge is -2.35. The average Bonchev–Trinajstić information content (AvgIpc) is 3.45. The van der Waals surface area contributed by atoms with E-state index in [4.69, 9.17) is 0 Å². The Bertz CT molecular complexity index is 2320. The molecule has 0 N–H and O–H groups in total. The van der Waals surface area contributed by atoms with Crippen molar-refractivity contribution in [2.24, 2.45) is 0 Å². The molecule has 48 heavy (non-hydrogen) atoms. The summed E-state index contributed by atoms with van der Waals surface area (Å²) in [5.41, 5.74) is 13.0. The highest BCUT2D eigenvalue weighted by molar-refractivity contribution is 5.97. The Morgan fingerprint density at radius 1 is 0.312 bits per heavy atom. The van der Waals surface area contributed by atoms with Crippen LogP contribution in [0.2, 0.25) is 0 Å². The van der Waals surface area contributed by atoms with E-state index in [1.807, 2.05) is 0 Å². The largest absolute Gasteiger partial charge is 0.310 e. The molecule has 0 radical (unpaired) electrons. The zero-order valence-electron chi connectivity index (χ0n) is 26.5. The van der Waals surface area contributed by atoms with E-state index in [1.54, 1.807) is 0 Å². The van der Waals surface area contributed by atoms with Crippen molar-refractivity contribution in [1.29, 1.82) is 0 Å². The molecule has 0 unspecified atom stereocenters. The zero-order valence-corrected chi connectivity index (χ0v) is 26.5. The molecule has 0 fully saturated rings. The van der Waals surface area contributed by atoms with E-state index in [1.165, 1.54) is 55.3 Å². The summed E-state index contributed by atoms with van der Waals surface area (Å²) in [6, 6.07) is 73.0. The highest BCUT2D eigenvalue weighted by Gasteiger charge is 2.46. The van der Waals surface area contributed by atoms with E-state index in [0.717, 1.165) is 17.1 Å². The first kappa shape index (κ1) is 28.1. The van der Waals surface area contributed by atoms with Crippen molar-refractivity contribution in [3.8, 4) is 22.3 Å². The van der Waals surface area contributed by atoms with E-state index >= 15 is 0 Å². The van der Waals surface area contributed by atoms with E-state index in [2.05, 4.69) is 205 Å². The molecule has 0 amide bonds. The highest BCUT2D eigenvalue weighted by Crippen LogP contribution is 2.58. The average molecular weight is 612 g/mol. The predicted octanol–water partition coefficient (Wildman–Crippen LogP) is 12.3. The Morgan fingerprint density at radius 3 is 1.40 bits per heavy atom. The monoisotopic (exact) mass is 611 g/mol. The lowest BCUT2D eigenvalue weighted by molar-refractivity contribution is 0.769. The normalized spacial score (nSPS) is 12.8. The number of hydrogen-bond donors (Lipinski definition) is 0. The molecule has 8 aromatic rings. The van der Waals surface area contributed by atoms with Crippen molar-refractivity contribution in [3.63, 3.8) is 0 Å². The summed E-state index contributed by atoms with van der Waals surface area (Å²) >= 11 is 0. The van der Waals surface area contributed by atoms with Crippen molar-refractivity contribution in [3.05, 3.63) is 222 Å².